The molecule has 0 aromatic heterocycles. The van der Waals surface area contributed by atoms with E-state index < -0.39 is 23.1 Å². The molecule has 1 aromatic rings. The Kier molecular flexibility index (Phi) is 7.14. The maximum absolute atomic E-state index is 11.4. The zero-order valence-corrected chi connectivity index (χ0v) is 13.5. The number of hydrogen-bond donors (Lipinski definition) is 2. The third kappa shape index (κ3) is 5.91. The van der Waals surface area contributed by atoms with Gasteiger partial charge in [-0.2, -0.15) is 5.43 Å². The lowest BCUT2D eigenvalue weighted by Crippen LogP contribution is -2.20. The minimum absolute atomic E-state index is 0.115. The highest BCUT2D eigenvalue weighted by molar-refractivity contribution is 5.93. The first kappa shape index (κ1) is 18.9. The zero-order chi connectivity index (χ0) is 18.1. The summed E-state index contributed by atoms with van der Waals surface area (Å²) in [5.41, 5.74) is 3.21. The van der Waals surface area contributed by atoms with Gasteiger partial charge in [0.1, 0.15) is 11.4 Å². The zero-order valence-electron chi connectivity index (χ0n) is 13.5. The van der Waals surface area contributed by atoms with Crippen molar-refractivity contribution in [2.45, 2.75) is 20.3 Å². The van der Waals surface area contributed by atoms with E-state index in [1.165, 1.54) is 20.1 Å². The number of nitrogens with zero attached hydrogens (tertiary/aromatic N) is 2. The minimum Gasteiger partial charge on any atom is -0.494 e. The van der Waals surface area contributed by atoms with Crippen LogP contribution in [0.1, 0.15) is 20.3 Å². The van der Waals surface area contributed by atoms with Crippen LogP contribution in [0.4, 0.5) is 11.4 Å². The number of nitrogens with one attached hydrogen (secondary N) is 2. The van der Waals surface area contributed by atoms with Crippen LogP contribution in [0.3, 0.4) is 0 Å². The van der Waals surface area contributed by atoms with E-state index >= 15 is 0 Å². The summed E-state index contributed by atoms with van der Waals surface area (Å²) < 4.78 is 9.77. The van der Waals surface area contributed by atoms with Crippen molar-refractivity contribution < 1.29 is 24.0 Å². The Morgan fingerprint density at radius 2 is 2.08 bits per heavy atom. The number of carbonyl (C=O) groups excluding carboxylic acids is 2. The molecule has 10 heteroatoms. The van der Waals surface area contributed by atoms with Gasteiger partial charge in [0.15, 0.2) is 6.42 Å². The highest BCUT2D eigenvalue weighted by Crippen LogP contribution is 2.27. The minimum atomic E-state index is -0.784. The van der Waals surface area contributed by atoms with E-state index in [4.69, 9.17) is 4.74 Å². The van der Waals surface area contributed by atoms with Gasteiger partial charge in [-0.1, -0.05) is 0 Å². The summed E-state index contributed by atoms with van der Waals surface area (Å²) in [5.74, 6) is -1.29. The summed E-state index contributed by atoms with van der Waals surface area (Å²) in [7, 11) is 1.41. The lowest BCUT2D eigenvalue weighted by molar-refractivity contribution is -0.352. The molecule has 0 fully saturated rings. The van der Waals surface area contributed by atoms with Crippen LogP contribution in [-0.2, 0) is 14.3 Å². The second-order valence-corrected chi connectivity index (χ2v) is 4.47. The van der Waals surface area contributed by atoms with Gasteiger partial charge < -0.3 is 24.9 Å². The molecule has 2 N–H and O–H groups in total. The smallest absolute Gasteiger partial charge is 0.375 e. The number of anilines is 2. The number of nitro groups is 1. The molecule has 0 radical (unpaired) electrons. The van der Waals surface area contributed by atoms with E-state index in [1.54, 1.807) is 19.1 Å². The van der Waals surface area contributed by atoms with Gasteiger partial charge in [-0.05, 0) is 30.0 Å². The average molecular weight is 338 g/mol. The molecule has 0 aliphatic carbocycles. The van der Waals surface area contributed by atoms with Gasteiger partial charge in [-0.15, -0.1) is 0 Å². The van der Waals surface area contributed by atoms with E-state index in [0.717, 1.165) is 0 Å². The Balaban J connectivity index is 3.00. The predicted octanol–water partition coefficient (Wildman–Crippen LogP) is 1.61. The number of esters is 1. The van der Waals surface area contributed by atoms with Crippen LogP contribution >= 0.6 is 0 Å². The van der Waals surface area contributed by atoms with Crippen LogP contribution in [0.5, 0.6) is 5.75 Å². The van der Waals surface area contributed by atoms with Crippen molar-refractivity contribution in [2.24, 2.45) is 5.10 Å². The van der Waals surface area contributed by atoms with Crippen molar-refractivity contribution in [3.8, 4) is 5.75 Å². The summed E-state index contributed by atoms with van der Waals surface area (Å²) in [6.07, 6.45) is -0.582. The van der Waals surface area contributed by atoms with Crippen molar-refractivity contribution in [1.29, 1.82) is 0 Å². The van der Waals surface area contributed by atoms with E-state index in [1.807, 2.05) is 0 Å². The first-order chi connectivity index (χ1) is 11.4. The Bertz CT molecular complexity index is 659. The quantitative estimate of drug-likeness (QED) is 0.254. The van der Waals surface area contributed by atoms with Crippen LogP contribution in [0, 0.1) is 10.1 Å². The number of amidine groups is 1. The van der Waals surface area contributed by atoms with Gasteiger partial charge in [0.2, 0.25) is 5.91 Å². The van der Waals surface area contributed by atoms with Crippen LogP contribution < -0.4 is 15.5 Å². The van der Waals surface area contributed by atoms with Crippen LogP contribution in [0.25, 0.3) is 0 Å². The number of amides is 1. The molecule has 0 saturated carbocycles. The Morgan fingerprint density at radius 3 is 2.62 bits per heavy atom. The summed E-state index contributed by atoms with van der Waals surface area (Å²) in [6.45, 7) is 3.06. The van der Waals surface area contributed by atoms with Gasteiger partial charge in [-0.3, -0.25) is 9.59 Å². The molecule has 0 heterocycles. The van der Waals surface area contributed by atoms with Crippen molar-refractivity contribution >= 4 is 29.1 Å². The van der Waals surface area contributed by atoms with Gasteiger partial charge >= 0.3 is 11.8 Å². The van der Waals surface area contributed by atoms with Gasteiger partial charge in [0.05, 0.1) is 18.8 Å². The standard InChI is InChI=1S/C14H18N4O6/c1-4-24-14(20)8-13(18(21)22)17-16-11-7-10(15-9(2)19)5-6-12(11)23-3/h5-7,16H,4,8H2,1-3H3,(H,15,19). The van der Waals surface area contributed by atoms with Crippen molar-refractivity contribution in [1.82, 2.24) is 0 Å². The van der Waals surface area contributed by atoms with Crippen LogP contribution in [-0.4, -0.2) is 36.4 Å². The second-order valence-electron chi connectivity index (χ2n) is 4.47. The molecule has 1 amide bonds. The fourth-order valence-electron chi connectivity index (χ4n) is 1.69. The largest absolute Gasteiger partial charge is 0.494 e. The lowest BCUT2D eigenvalue weighted by atomic mass is 10.2. The molecule has 1 rings (SSSR count). The first-order valence-electron chi connectivity index (χ1n) is 6.95. The molecule has 130 valence electrons. The summed E-state index contributed by atoms with van der Waals surface area (Å²) in [4.78, 5) is 32.6. The third-order valence-corrected chi connectivity index (χ3v) is 2.64. The number of hydrogen-bond acceptors (Lipinski definition) is 8. The Labute approximate surface area is 138 Å². The SMILES string of the molecule is CCOC(=O)CC(=NNc1cc(NC(C)=O)ccc1OC)[N+](=O)[O-]. The van der Waals surface area contributed by atoms with Crippen LogP contribution in [0.2, 0.25) is 0 Å². The molecular formula is C14H18N4O6. The molecule has 0 atom stereocenters. The fraction of sp³-hybridized carbons (Fsp3) is 0.357. The Hall–Kier alpha value is -3.17. The highest BCUT2D eigenvalue weighted by Gasteiger charge is 2.20. The predicted molar refractivity (Wildman–Crippen MR) is 86.6 cm³/mol. The number of benzene rings is 1. The molecule has 10 nitrogen and oxygen atoms in total. The molecule has 1 aromatic carbocycles. The fourth-order valence-corrected chi connectivity index (χ4v) is 1.69. The lowest BCUT2D eigenvalue weighted by Gasteiger charge is -2.08. The monoisotopic (exact) mass is 338 g/mol. The van der Waals surface area contributed by atoms with Crippen LogP contribution in [0.15, 0.2) is 23.3 Å². The van der Waals surface area contributed by atoms with E-state index in [0.29, 0.717) is 11.4 Å². The topological polar surface area (TPSA) is 132 Å². The van der Waals surface area contributed by atoms with Gasteiger partial charge in [0, 0.05) is 12.6 Å². The van der Waals surface area contributed by atoms with Crippen molar-refractivity contribution in [2.75, 3.05) is 24.5 Å². The van der Waals surface area contributed by atoms with E-state index in [2.05, 4.69) is 20.6 Å². The number of methoxy groups -OCH3 is 1. The molecule has 0 bridgehead atoms. The molecular weight excluding hydrogens is 320 g/mol. The maximum Gasteiger partial charge on any atom is 0.375 e. The normalized spacial score (nSPS) is 10.7. The van der Waals surface area contributed by atoms with E-state index in [-0.39, 0.29) is 18.2 Å². The molecule has 0 spiro atoms. The summed E-state index contributed by atoms with van der Waals surface area (Å²) in [6, 6.07) is 4.65. The number of hydrazone groups is 1. The Morgan fingerprint density at radius 1 is 1.38 bits per heavy atom. The molecule has 0 aliphatic heterocycles. The van der Waals surface area contributed by atoms with Gasteiger partial charge in [0.25, 0.3) is 0 Å². The molecule has 0 unspecified atom stereocenters. The number of rotatable bonds is 7. The van der Waals surface area contributed by atoms with E-state index in [9.17, 15) is 19.7 Å². The highest BCUT2D eigenvalue weighted by atomic mass is 16.6. The second kappa shape index (κ2) is 9.08. The number of ether oxygens (including phenoxy) is 2. The van der Waals surface area contributed by atoms with Gasteiger partial charge in [-0.25, -0.2) is 0 Å². The van der Waals surface area contributed by atoms with Crippen molar-refractivity contribution in [3.05, 3.63) is 28.3 Å². The molecule has 0 saturated heterocycles. The first-order valence-corrected chi connectivity index (χ1v) is 6.95. The van der Waals surface area contributed by atoms with Crippen molar-refractivity contribution in [3.63, 3.8) is 0 Å². The summed E-state index contributed by atoms with van der Waals surface area (Å²) in [5, 5.41) is 17.1. The third-order valence-electron chi connectivity index (χ3n) is 2.64. The molecule has 0 aliphatic rings. The number of carbonyl (C=O) groups is 2. The summed E-state index contributed by atoms with van der Waals surface area (Å²) >= 11 is 0. The maximum atomic E-state index is 11.4. The molecule has 24 heavy (non-hydrogen) atoms. The average Bonchev–Trinajstić information content (AvgIpc) is 2.51.